The zero-order chi connectivity index (χ0) is 19.5. The number of rotatable bonds is 5. The van der Waals surface area contributed by atoms with Crippen LogP contribution in [0.1, 0.15) is 54.1 Å². The highest BCUT2D eigenvalue weighted by molar-refractivity contribution is 9.10. The van der Waals surface area contributed by atoms with Gasteiger partial charge in [-0.3, -0.25) is 4.79 Å². The highest BCUT2D eigenvalue weighted by Crippen LogP contribution is 2.27. The molecule has 1 aliphatic rings. The lowest BCUT2D eigenvalue weighted by Gasteiger charge is -2.32. The first-order valence-electron chi connectivity index (χ1n) is 9.56. The van der Waals surface area contributed by atoms with Crippen molar-refractivity contribution in [2.24, 2.45) is 0 Å². The first-order chi connectivity index (χ1) is 13.6. The average molecular weight is 444 g/mol. The van der Waals surface area contributed by atoms with Crippen LogP contribution in [0.2, 0.25) is 0 Å². The van der Waals surface area contributed by atoms with Crippen molar-refractivity contribution in [2.75, 3.05) is 0 Å². The van der Waals surface area contributed by atoms with Crippen LogP contribution in [0.15, 0.2) is 50.0 Å². The number of benzene rings is 1. The van der Waals surface area contributed by atoms with E-state index in [0.29, 0.717) is 22.1 Å². The number of carbonyl (C=O) groups excluding carboxylic acids is 1. The maximum absolute atomic E-state index is 13.1. The van der Waals surface area contributed by atoms with Gasteiger partial charge in [0.15, 0.2) is 10.4 Å². The standard InChI is InChI=1S/C21H22BrN3O3/c1-14-7-9-15(10-8-14)20-23-19(28-24-20)13-25(16-5-3-2-4-6-16)21(26)17-11-12-18(22)27-17/h7-12,16H,2-6,13H2,1H3. The molecule has 1 fully saturated rings. The van der Waals surface area contributed by atoms with E-state index < -0.39 is 0 Å². The maximum atomic E-state index is 13.1. The van der Waals surface area contributed by atoms with Gasteiger partial charge in [-0.2, -0.15) is 4.98 Å². The summed E-state index contributed by atoms with van der Waals surface area (Å²) in [7, 11) is 0. The summed E-state index contributed by atoms with van der Waals surface area (Å²) >= 11 is 3.27. The highest BCUT2D eigenvalue weighted by atomic mass is 79.9. The molecule has 1 saturated carbocycles. The minimum absolute atomic E-state index is 0.146. The van der Waals surface area contributed by atoms with Gasteiger partial charge in [0, 0.05) is 11.6 Å². The van der Waals surface area contributed by atoms with Crippen LogP contribution < -0.4 is 0 Å². The number of furan rings is 1. The Kier molecular flexibility index (Phi) is 5.62. The Hall–Kier alpha value is -2.41. The van der Waals surface area contributed by atoms with E-state index in [4.69, 9.17) is 8.94 Å². The molecule has 6 nitrogen and oxygen atoms in total. The number of amides is 1. The van der Waals surface area contributed by atoms with Gasteiger partial charge in [-0.15, -0.1) is 0 Å². The SMILES string of the molecule is Cc1ccc(-c2noc(CN(C(=O)c3ccc(Br)o3)C3CCCCC3)n2)cc1. The number of hydrogen-bond acceptors (Lipinski definition) is 5. The molecule has 0 radical (unpaired) electrons. The first-order valence-corrected chi connectivity index (χ1v) is 10.4. The van der Waals surface area contributed by atoms with Gasteiger partial charge in [0.05, 0.1) is 0 Å². The smallest absolute Gasteiger partial charge is 0.290 e. The lowest BCUT2D eigenvalue weighted by Crippen LogP contribution is -2.41. The van der Waals surface area contributed by atoms with Crippen molar-refractivity contribution in [3.63, 3.8) is 0 Å². The van der Waals surface area contributed by atoms with Crippen LogP contribution in [0.4, 0.5) is 0 Å². The van der Waals surface area contributed by atoms with Gasteiger partial charge in [0.1, 0.15) is 6.54 Å². The zero-order valence-electron chi connectivity index (χ0n) is 15.7. The van der Waals surface area contributed by atoms with Crippen molar-refractivity contribution in [1.82, 2.24) is 15.0 Å². The van der Waals surface area contributed by atoms with E-state index in [1.165, 1.54) is 12.0 Å². The normalized spacial score (nSPS) is 14.9. The van der Waals surface area contributed by atoms with Crippen LogP contribution in [0.5, 0.6) is 0 Å². The molecule has 3 aromatic rings. The van der Waals surface area contributed by atoms with Crippen LogP contribution in [-0.2, 0) is 6.54 Å². The summed E-state index contributed by atoms with van der Waals surface area (Å²) < 4.78 is 11.5. The maximum Gasteiger partial charge on any atom is 0.290 e. The van der Waals surface area contributed by atoms with Crippen LogP contribution in [0.25, 0.3) is 11.4 Å². The molecule has 146 valence electrons. The Morgan fingerprint density at radius 1 is 1.14 bits per heavy atom. The molecular weight excluding hydrogens is 422 g/mol. The monoisotopic (exact) mass is 443 g/mol. The number of carbonyl (C=O) groups is 1. The molecule has 0 unspecified atom stereocenters. The number of hydrogen-bond donors (Lipinski definition) is 0. The van der Waals surface area contributed by atoms with Crippen LogP contribution in [0, 0.1) is 6.92 Å². The number of aromatic nitrogens is 2. The van der Waals surface area contributed by atoms with Crippen LogP contribution in [-0.4, -0.2) is 27.0 Å². The van der Waals surface area contributed by atoms with Gasteiger partial charge in [0.2, 0.25) is 11.7 Å². The third kappa shape index (κ3) is 4.19. The van der Waals surface area contributed by atoms with E-state index >= 15 is 0 Å². The molecule has 0 bridgehead atoms. The molecule has 0 atom stereocenters. The number of aryl methyl sites for hydroxylation is 1. The summed E-state index contributed by atoms with van der Waals surface area (Å²) in [5.41, 5.74) is 2.07. The molecule has 2 aromatic heterocycles. The summed E-state index contributed by atoms with van der Waals surface area (Å²) in [5, 5.41) is 4.10. The first kappa shape index (κ1) is 18.9. The van der Waals surface area contributed by atoms with Gasteiger partial charge in [-0.1, -0.05) is 54.2 Å². The lowest BCUT2D eigenvalue weighted by atomic mass is 9.94. The Labute approximate surface area is 172 Å². The summed E-state index contributed by atoms with van der Waals surface area (Å²) in [5.74, 6) is 1.13. The highest BCUT2D eigenvalue weighted by Gasteiger charge is 2.30. The van der Waals surface area contributed by atoms with Crippen molar-refractivity contribution < 1.29 is 13.7 Å². The summed E-state index contributed by atoms with van der Waals surface area (Å²) in [6.45, 7) is 2.31. The van der Waals surface area contributed by atoms with Gasteiger partial charge < -0.3 is 13.8 Å². The number of halogens is 1. The molecule has 1 aromatic carbocycles. The molecule has 0 aliphatic heterocycles. The molecule has 4 rings (SSSR count). The van der Waals surface area contributed by atoms with Crippen molar-refractivity contribution in [3.05, 3.63) is 58.3 Å². The molecule has 0 N–H and O–H groups in total. The second kappa shape index (κ2) is 8.31. The van der Waals surface area contributed by atoms with E-state index in [0.717, 1.165) is 31.2 Å². The summed E-state index contributed by atoms with van der Waals surface area (Å²) in [6.07, 6.45) is 5.41. The minimum atomic E-state index is -0.146. The van der Waals surface area contributed by atoms with Gasteiger partial charge >= 0.3 is 0 Å². The number of nitrogens with zero attached hydrogens (tertiary/aromatic N) is 3. The average Bonchev–Trinajstić information content (AvgIpc) is 3.36. The molecular formula is C21H22BrN3O3. The Morgan fingerprint density at radius 3 is 2.57 bits per heavy atom. The minimum Gasteiger partial charge on any atom is -0.444 e. The van der Waals surface area contributed by atoms with E-state index in [1.54, 1.807) is 12.1 Å². The van der Waals surface area contributed by atoms with Crippen molar-refractivity contribution in [2.45, 2.75) is 51.6 Å². The van der Waals surface area contributed by atoms with Gasteiger partial charge in [0.25, 0.3) is 5.91 Å². The Balaban J connectivity index is 1.57. The topological polar surface area (TPSA) is 72.4 Å². The second-order valence-corrected chi connectivity index (χ2v) is 7.99. The van der Waals surface area contributed by atoms with E-state index in [2.05, 4.69) is 26.1 Å². The fraction of sp³-hybridized carbons (Fsp3) is 0.381. The van der Waals surface area contributed by atoms with Crippen molar-refractivity contribution in [3.8, 4) is 11.4 Å². The van der Waals surface area contributed by atoms with Crippen LogP contribution >= 0.6 is 15.9 Å². The predicted octanol–water partition coefficient (Wildman–Crippen LogP) is 5.38. The summed E-state index contributed by atoms with van der Waals surface area (Å²) in [6, 6.07) is 11.5. The molecule has 0 saturated heterocycles. The Bertz CT molecular complexity index is 942. The molecule has 0 spiro atoms. The van der Waals surface area contributed by atoms with E-state index in [-0.39, 0.29) is 18.5 Å². The molecule has 7 heteroatoms. The van der Waals surface area contributed by atoms with Crippen LogP contribution in [0.3, 0.4) is 0 Å². The second-order valence-electron chi connectivity index (χ2n) is 7.21. The van der Waals surface area contributed by atoms with Gasteiger partial charge in [-0.05, 0) is 47.8 Å². The van der Waals surface area contributed by atoms with E-state index in [1.807, 2.05) is 36.1 Å². The van der Waals surface area contributed by atoms with Crippen molar-refractivity contribution >= 4 is 21.8 Å². The van der Waals surface area contributed by atoms with Gasteiger partial charge in [-0.25, -0.2) is 0 Å². The molecule has 2 heterocycles. The van der Waals surface area contributed by atoms with Crippen molar-refractivity contribution in [1.29, 1.82) is 0 Å². The molecule has 28 heavy (non-hydrogen) atoms. The summed E-state index contributed by atoms with van der Waals surface area (Å²) in [4.78, 5) is 19.4. The van der Waals surface area contributed by atoms with E-state index in [9.17, 15) is 4.79 Å². The molecule has 1 aliphatic carbocycles. The lowest BCUT2D eigenvalue weighted by molar-refractivity contribution is 0.0552. The molecule has 1 amide bonds. The largest absolute Gasteiger partial charge is 0.444 e. The quantitative estimate of drug-likeness (QED) is 0.529. The third-order valence-corrected chi connectivity index (χ3v) is 5.57. The fourth-order valence-electron chi connectivity index (χ4n) is 3.61. The fourth-order valence-corrected chi connectivity index (χ4v) is 3.92. The third-order valence-electron chi connectivity index (χ3n) is 5.14. The Morgan fingerprint density at radius 2 is 1.89 bits per heavy atom. The zero-order valence-corrected chi connectivity index (χ0v) is 17.3. The predicted molar refractivity (Wildman–Crippen MR) is 108 cm³/mol.